The number of amides is 1. The number of likely N-dealkylation sites (tertiary alicyclic amines) is 1. The van der Waals surface area contributed by atoms with E-state index in [0.717, 1.165) is 22.0 Å². The molecular formula is C19H22ClN3OS. The molecule has 1 aliphatic carbocycles. The molecule has 132 valence electrons. The van der Waals surface area contributed by atoms with Crippen LogP contribution in [0.15, 0.2) is 24.3 Å². The number of carbonyl (C=O) groups excluding carboxylic acids is 1. The van der Waals surface area contributed by atoms with E-state index in [1.807, 2.05) is 36.1 Å². The van der Waals surface area contributed by atoms with Crippen molar-refractivity contribution in [2.75, 3.05) is 13.1 Å². The molecule has 3 atom stereocenters. The number of hydrogen-bond acceptors (Lipinski definition) is 4. The van der Waals surface area contributed by atoms with Gasteiger partial charge in [0.25, 0.3) is 5.91 Å². The van der Waals surface area contributed by atoms with Gasteiger partial charge in [-0.1, -0.05) is 30.2 Å². The molecule has 0 radical (unpaired) electrons. The average molecular weight is 376 g/mol. The molecule has 1 aliphatic heterocycles. The molecule has 6 heteroatoms. The third kappa shape index (κ3) is 2.98. The number of aryl methyl sites for hydroxylation is 1. The van der Waals surface area contributed by atoms with Crippen molar-refractivity contribution in [2.24, 2.45) is 17.6 Å². The molecule has 0 bridgehead atoms. The zero-order valence-corrected chi connectivity index (χ0v) is 15.8. The molecule has 2 aromatic rings. The molecule has 0 spiro atoms. The fraction of sp³-hybridized carbons (Fsp3) is 0.474. The number of fused-ring (bicyclic) bond motifs is 1. The Bertz CT molecular complexity index is 788. The van der Waals surface area contributed by atoms with Gasteiger partial charge in [-0.15, -0.1) is 11.3 Å². The topological polar surface area (TPSA) is 59.2 Å². The molecule has 4 rings (SSSR count). The minimum atomic E-state index is 0.0270. The van der Waals surface area contributed by atoms with Gasteiger partial charge >= 0.3 is 0 Å². The van der Waals surface area contributed by atoms with Crippen molar-refractivity contribution in [2.45, 2.75) is 32.2 Å². The lowest BCUT2D eigenvalue weighted by molar-refractivity contribution is 0.0714. The van der Waals surface area contributed by atoms with Crippen LogP contribution >= 0.6 is 22.9 Å². The smallest absolute Gasteiger partial charge is 0.274 e. The quantitative estimate of drug-likeness (QED) is 0.882. The molecule has 1 saturated carbocycles. The largest absolute Gasteiger partial charge is 0.332 e. The standard InChI is InChI=1S/C19H22ClN3OS/c1-11-22-17(18(25-11)12-5-7-14(20)8-6-12)19(24)23-10-13-3-2-4-15(13)16(23)9-21/h5-8,13,15-16H,2-4,9-10,21H2,1H3/t13-,15-,16+/m0/s1. The summed E-state index contributed by atoms with van der Waals surface area (Å²) in [7, 11) is 0. The van der Waals surface area contributed by atoms with Crippen LogP contribution in [0.25, 0.3) is 10.4 Å². The van der Waals surface area contributed by atoms with Crippen molar-refractivity contribution < 1.29 is 4.79 Å². The molecule has 2 heterocycles. The number of rotatable bonds is 3. The Hall–Kier alpha value is -1.43. The number of carbonyl (C=O) groups is 1. The van der Waals surface area contributed by atoms with Gasteiger partial charge in [0.15, 0.2) is 0 Å². The maximum atomic E-state index is 13.3. The lowest BCUT2D eigenvalue weighted by Crippen LogP contribution is -2.43. The Morgan fingerprint density at radius 2 is 2.12 bits per heavy atom. The molecular weight excluding hydrogens is 354 g/mol. The monoisotopic (exact) mass is 375 g/mol. The second-order valence-electron chi connectivity index (χ2n) is 7.03. The summed E-state index contributed by atoms with van der Waals surface area (Å²) in [5, 5.41) is 1.59. The maximum absolute atomic E-state index is 13.3. The Labute approximate surface area is 157 Å². The van der Waals surface area contributed by atoms with Crippen LogP contribution in [-0.2, 0) is 0 Å². The SMILES string of the molecule is Cc1nc(C(=O)N2C[C@@H]3CCC[C@@H]3[C@H]2CN)c(-c2ccc(Cl)cc2)s1. The summed E-state index contributed by atoms with van der Waals surface area (Å²) >= 11 is 7.56. The molecule has 2 fully saturated rings. The summed E-state index contributed by atoms with van der Waals surface area (Å²) in [6.07, 6.45) is 3.67. The van der Waals surface area contributed by atoms with Crippen LogP contribution in [0.3, 0.4) is 0 Å². The summed E-state index contributed by atoms with van der Waals surface area (Å²) in [5.74, 6) is 1.20. The predicted molar refractivity (Wildman–Crippen MR) is 102 cm³/mol. The fourth-order valence-corrected chi connectivity index (χ4v) is 5.50. The third-order valence-corrected chi connectivity index (χ3v) is 6.86. The zero-order chi connectivity index (χ0) is 17.6. The molecule has 1 amide bonds. The van der Waals surface area contributed by atoms with Crippen LogP contribution in [0.2, 0.25) is 5.02 Å². The predicted octanol–water partition coefficient (Wildman–Crippen LogP) is 3.97. The van der Waals surface area contributed by atoms with E-state index in [9.17, 15) is 4.79 Å². The van der Waals surface area contributed by atoms with E-state index in [-0.39, 0.29) is 11.9 Å². The highest BCUT2D eigenvalue weighted by Crippen LogP contribution is 2.43. The van der Waals surface area contributed by atoms with Gasteiger partial charge in [0, 0.05) is 24.2 Å². The van der Waals surface area contributed by atoms with E-state index in [0.29, 0.717) is 29.1 Å². The summed E-state index contributed by atoms with van der Waals surface area (Å²) < 4.78 is 0. The molecule has 1 aromatic carbocycles. The third-order valence-electron chi connectivity index (χ3n) is 5.59. The summed E-state index contributed by atoms with van der Waals surface area (Å²) in [5.41, 5.74) is 7.59. The number of thiazole rings is 1. The highest BCUT2D eigenvalue weighted by molar-refractivity contribution is 7.15. The second kappa shape index (κ2) is 6.71. The molecule has 1 saturated heterocycles. The molecule has 0 unspecified atom stereocenters. The van der Waals surface area contributed by atoms with Crippen molar-refractivity contribution >= 4 is 28.8 Å². The van der Waals surface area contributed by atoms with Crippen molar-refractivity contribution in [3.63, 3.8) is 0 Å². The van der Waals surface area contributed by atoms with Crippen LogP contribution in [-0.4, -0.2) is 34.9 Å². The first-order valence-corrected chi connectivity index (χ1v) is 10.0. The van der Waals surface area contributed by atoms with E-state index in [1.165, 1.54) is 19.3 Å². The number of nitrogens with zero attached hydrogens (tertiary/aromatic N) is 2. The Morgan fingerprint density at radius 3 is 2.84 bits per heavy atom. The Balaban J connectivity index is 1.68. The van der Waals surface area contributed by atoms with Crippen LogP contribution in [0.4, 0.5) is 0 Å². The average Bonchev–Trinajstić information content (AvgIpc) is 3.28. The zero-order valence-electron chi connectivity index (χ0n) is 14.2. The summed E-state index contributed by atoms with van der Waals surface area (Å²) in [6.45, 7) is 3.30. The van der Waals surface area contributed by atoms with Crippen LogP contribution in [0.5, 0.6) is 0 Å². The van der Waals surface area contributed by atoms with Gasteiger partial charge in [0.2, 0.25) is 0 Å². The Morgan fingerprint density at radius 1 is 1.36 bits per heavy atom. The molecule has 2 N–H and O–H groups in total. The molecule has 2 aliphatic rings. The van der Waals surface area contributed by atoms with E-state index in [4.69, 9.17) is 17.3 Å². The van der Waals surface area contributed by atoms with Gasteiger partial charge in [-0.05, 0) is 49.3 Å². The summed E-state index contributed by atoms with van der Waals surface area (Å²) in [4.78, 5) is 20.8. The molecule has 25 heavy (non-hydrogen) atoms. The van der Waals surface area contributed by atoms with E-state index >= 15 is 0 Å². The normalized spacial score (nSPS) is 25.4. The first-order chi connectivity index (χ1) is 12.1. The number of aromatic nitrogens is 1. The van der Waals surface area contributed by atoms with Crippen LogP contribution < -0.4 is 5.73 Å². The van der Waals surface area contributed by atoms with E-state index in [1.54, 1.807) is 11.3 Å². The lowest BCUT2D eigenvalue weighted by Gasteiger charge is -2.26. The number of nitrogens with two attached hydrogens (primary N) is 1. The lowest BCUT2D eigenvalue weighted by atomic mass is 9.94. The van der Waals surface area contributed by atoms with Gasteiger partial charge in [0.1, 0.15) is 5.69 Å². The number of benzene rings is 1. The highest BCUT2D eigenvalue weighted by Gasteiger charge is 2.46. The van der Waals surface area contributed by atoms with E-state index in [2.05, 4.69) is 4.98 Å². The van der Waals surface area contributed by atoms with Crippen molar-refractivity contribution in [3.05, 3.63) is 40.0 Å². The minimum Gasteiger partial charge on any atom is -0.332 e. The fourth-order valence-electron chi connectivity index (χ4n) is 4.46. The van der Waals surface area contributed by atoms with Crippen molar-refractivity contribution in [3.8, 4) is 10.4 Å². The van der Waals surface area contributed by atoms with Crippen molar-refractivity contribution in [1.82, 2.24) is 9.88 Å². The van der Waals surface area contributed by atoms with Gasteiger partial charge in [-0.25, -0.2) is 4.98 Å². The first-order valence-electron chi connectivity index (χ1n) is 8.83. The van der Waals surface area contributed by atoms with Gasteiger partial charge < -0.3 is 10.6 Å². The minimum absolute atomic E-state index is 0.0270. The first kappa shape index (κ1) is 17.0. The van der Waals surface area contributed by atoms with Crippen LogP contribution in [0, 0.1) is 18.8 Å². The highest BCUT2D eigenvalue weighted by atomic mass is 35.5. The van der Waals surface area contributed by atoms with Crippen molar-refractivity contribution in [1.29, 1.82) is 0 Å². The van der Waals surface area contributed by atoms with Gasteiger partial charge in [0.05, 0.1) is 9.88 Å². The van der Waals surface area contributed by atoms with E-state index < -0.39 is 0 Å². The van der Waals surface area contributed by atoms with Crippen LogP contribution in [0.1, 0.15) is 34.8 Å². The number of halogens is 1. The second-order valence-corrected chi connectivity index (χ2v) is 8.67. The van der Waals surface area contributed by atoms with Gasteiger partial charge in [-0.3, -0.25) is 4.79 Å². The number of hydrogen-bond donors (Lipinski definition) is 1. The van der Waals surface area contributed by atoms with Gasteiger partial charge in [-0.2, -0.15) is 0 Å². The maximum Gasteiger partial charge on any atom is 0.274 e. The molecule has 1 aromatic heterocycles. The Kier molecular flexibility index (Phi) is 4.56. The summed E-state index contributed by atoms with van der Waals surface area (Å²) in [6, 6.07) is 7.75. The molecule has 4 nitrogen and oxygen atoms in total.